The Morgan fingerprint density at radius 3 is 1.73 bits per heavy atom. The Labute approximate surface area is 196 Å². The summed E-state index contributed by atoms with van der Waals surface area (Å²) < 4.78 is 5.72. The van der Waals surface area contributed by atoms with E-state index in [1.807, 2.05) is 6.07 Å². The summed E-state index contributed by atoms with van der Waals surface area (Å²) in [5.41, 5.74) is 1.63. The number of halogens is 1. The fraction of sp³-hybridized carbons (Fsp3) is 0.0357. The molecular formula is C28H19ClO4. The van der Waals surface area contributed by atoms with Crippen molar-refractivity contribution in [2.45, 2.75) is 6.10 Å². The summed E-state index contributed by atoms with van der Waals surface area (Å²) in [4.78, 5) is 39.5. The molecule has 162 valence electrons. The molecule has 4 aromatic rings. The minimum absolute atomic E-state index is 0.0891. The van der Waals surface area contributed by atoms with Gasteiger partial charge in [-0.3, -0.25) is 9.59 Å². The highest BCUT2D eigenvalue weighted by Gasteiger charge is 2.28. The van der Waals surface area contributed by atoms with Gasteiger partial charge in [-0.15, -0.1) is 0 Å². The maximum atomic E-state index is 13.3. The summed E-state index contributed by atoms with van der Waals surface area (Å²) in [5, 5.41) is 0.495. The lowest BCUT2D eigenvalue weighted by molar-refractivity contribution is 0.0278. The monoisotopic (exact) mass is 454 g/mol. The number of hydrogen-bond acceptors (Lipinski definition) is 4. The summed E-state index contributed by atoms with van der Waals surface area (Å²) >= 11 is 6.00. The molecule has 0 spiro atoms. The third-order valence-corrected chi connectivity index (χ3v) is 5.37. The van der Waals surface area contributed by atoms with E-state index in [1.54, 1.807) is 97.1 Å². The second-order valence-corrected chi connectivity index (χ2v) is 7.74. The van der Waals surface area contributed by atoms with Crippen molar-refractivity contribution in [1.82, 2.24) is 0 Å². The van der Waals surface area contributed by atoms with Crippen LogP contribution in [0.25, 0.3) is 0 Å². The first-order valence-corrected chi connectivity index (χ1v) is 10.7. The third-order valence-electron chi connectivity index (χ3n) is 5.12. The SMILES string of the molecule is O=C(O[C@H](C(=O)c1ccccc1)c1ccc(Cl)cc1)c1ccccc1C(=O)c1ccccc1. The molecule has 33 heavy (non-hydrogen) atoms. The van der Waals surface area contributed by atoms with Gasteiger partial charge in [-0.1, -0.05) is 103 Å². The highest BCUT2D eigenvalue weighted by Crippen LogP contribution is 2.26. The molecule has 0 saturated heterocycles. The molecule has 1 atom stereocenters. The molecule has 0 amide bonds. The molecule has 0 heterocycles. The Morgan fingerprint density at radius 2 is 1.12 bits per heavy atom. The molecule has 4 nitrogen and oxygen atoms in total. The van der Waals surface area contributed by atoms with Crippen molar-refractivity contribution < 1.29 is 19.1 Å². The fourth-order valence-corrected chi connectivity index (χ4v) is 3.56. The Hall–Kier alpha value is -4.02. The normalized spacial score (nSPS) is 11.4. The molecule has 0 radical (unpaired) electrons. The number of carbonyl (C=O) groups excluding carboxylic acids is 3. The van der Waals surface area contributed by atoms with Gasteiger partial charge in [0.15, 0.2) is 11.9 Å². The summed E-state index contributed by atoms with van der Waals surface area (Å²) in [6.07, 6.45) is -1.20. The van der Waals surface area contributed by atoms with Crippen LogP contribution < -0.4 is 0 Å². The number of hydrogen-bond donors (Lipinski definition) is 0. The van der Waals surface area contributed by atoms with Gasteiger partial charge in [0.1, 0.15) is 0 Å². The zero-order chi connectivity index (χ0) is 23.2. The van der Waals surface area contributed by atoms with E-state index in [0.717, 1.165) is 0 Å². The van der Waals surface area contributed by atoms with Crippen LogP contribution in [0.4, 0.5) is 0 Å². The largest absolute Gasteiger partial charge is 0.445 e. The predicted octanol–water partition coefficient (Wildman–Crippen LogP) is 6.35. The molecule has 0 fully saturated rings. The molecule has 4 aromatic carbocycles. The second kappa shape index (κ2) is 10.1. The van der Waals surface area contributed by atoms with Gasteiger partial charge in [0, 0.05) is 27.3 Å². The zero-order valence-electron chi connectivity index (χ0n) is 17.5. The number of carbonyl (C=O) groups is 3. The van der Waals surface area contributed by atoms with Crippen LogP contribution in [0.15, 0.2) is 109 Å². The smallest absolute Gasteiger partial charge is 0.339 e. The van der Waals surface area contributed by atoms with Crippen molar-refractivity contribution in [3.05, 3.63) is 142 Å². The van der Waals surface area contributed by atoms with E-state index < -0.39 is 12.1 Å². The first-order valence-electron chi connectivity index (χ1n) is 10.3. The zero-order valence-corrected chi connectivity index (χ0v) is 18.2. The van der Waals surface area contributed by atoms with Gasteiger partial charge in [-0.05, 0) is 18.2 Å². The van der Waals surface area contributed by atoms with Crippen molar-refractivity contribution >= 4 is 29.1 Å². The maximum Gasteiger partial charge on any atom is 0.339 e. The molecule has 0 aliphatic carbocycles. The average molecular weight is 455 g/mol. The molecule has 0 aromatic heterocycles. The van der Waals surface area contributed by atoms with Gasteiger partial charge >= 0.3 is 5.97 Å². The molecule has 5 heteroatoms. The van der Waals surface area contributed by atoms with E-state index in [-0.39, 0.29) is 22.7 Å². The van der Waals surface area contributed by atoms with Crippen molar-refractivity contribution in [1.29, 1.82) is 0 Å². The molecule has 4 rings (SSSR count). The van der Waals surface area contributed by atoms with Crippen LogP contribution in [0.3, 0.4) is 0 Å². The van der Waals surface area contributed by atoms with E-state index in [0.29, 0.717) is 21.7 Å². The van der Waals surface area contributed by atoms with Gasteiger partial charge in [0.05, 0.1) is 5.56 Å². The number of rotatable bonds is 7. The van der Waals surface area contributed by atoms with Gasteiger partial charge in [-0.2, -0.15) is 0 Å². The van der Waals surface area contributed by atoms with Crippen molar-refractivity contribution in [3.63, 3.8) is 0 Å². The summed E-state index contributed by atoms with van der Waals surface area (Å²) in [6, 6.07) is 30.2. The van der Waals surface area contributed by atoms with Crippen molar-refractivity contribution in [3.8, 4) is 0 Å². The topological polar surface area (TPSA) is 60.4 Å². The molecule has 0 N–H and O–H groups in total. The molecule has 0 unspecified atom stereocenters. The lowest BCUT2D eigenvalue weighted by Gasteiger charge is -2.18. The lowest BCUT2D eigenvalue weighted by Crippen LogP contribution is -2.22. The predicted molar refractivity (Wildman–Crippen MR) is 127 cm³/mol. The first kappa shape index (κ1) is 22.2. The van der Waals surface area contributed by atoms with Crippen LogP contribution in [0.2, 0.25) is 5.02 Å². The van der Waals surface area contributed by atoms with Gasteiger partial charge in [0.25, 0.3) is 0 Å². The first-order chi connectivity index (χ1) is 16.0. The Morgan fingerprint density at radius 1 is 0.606 bits per heavy atom. The highest BCUT2D eigenvalue weighted by molar-refractivity contribution is 6.30. The third kappa shape index (κ3) is 5.08. The van der Waals surface area contributed by atoms with Crippen molar-refractivity contribution in [2.24, 2.45) is 0 Å². The van der Waals surface area contributed by atoms with E-state index in [1.165, 1.54) is 6.07 Å². The van der Waals surface area contributed by atoms with E-state index in [9.17, 15) is 14.4 Å². The quantitative estimate of drug-likeness (QED) is 0.241. The second-order valence-electron chi connectivity index (χ2n) is 7.31. The fourth-order valence-electron chi connectivity index (χ4n) is 3.44. The molecule has 0 aliphatic heterocycles. The van der Waals surface area contributed by atoms with Crippen LogP contribution in [0.1, 0.15) is 48.3 Å². The Balaban J connectivity index is 1.69. The number of ketones is 2. The number of esters is 1. The lowest BCUT2D eigenvalue weighted by atomic mass is 9.97. The van der Waals surface area contributed by atoms with E-state index in [4.69, 9.17) is 16.3 Å². The average Bonchev–Trinajstić information content (AvgIpc) is 2.88. The standard InChI is InChI=1S/C28H19ClO4/c29-22-17-15-21(16-18-22)27(26(31)20-11-5-2-6-12-20)33-28(32)24-14-8-7-13-23(24)25(30)19-9-3-1-4-10-19/h1-18,27H/t27-/m0/s1. The van der Waals surface area contributed by atoms with Crippen LogP contribution in [0.5, 0.6) is 0 Å². The van der Waals surface area contributed by atoms with Crippen LogP contribution in [-0.4, -0.2) is 17.5 Å². The molecule has 0 bridgehead atoms. The molecule has 0 saturated carbocycles. The highest BCUT2D eigenvalue weighted by atomic mass is 35.5. The van der Waals surface area contributed by atoms with E-state index in [2.05, 4.69) is 0 Å². The van der Waals surface area contributed by atoms with Crippen LogP contribution in [-0.2, 0) is 4.74 Å². The van der Waals surface area contributed by atoms with Gasteiger partial charge in [0.2, 0.25) is 5.78 Å². The summed E-state index contributed by atoms with van der Waals surface area (Å²) in [7, 11) is 0. The Bertz CT molecular complexity index is 1280. The molecule has 0 aliphatic rings. The van der Waals surface area contributed by atoms with Gasteiger partial charge in [-0.25, -0.2) is 4.79 Å². The Kier molecular flexibility index (Phi) is 6.77. The summed E-state index contributed by atoms with van der Waals surface area (Å²) in [6.45, 7) is 0. The minimum Gasteiger partial charge on any atom is -0.445 e. The number of ether oxygens (including phenoxy) is 1. The minimum atomic E-state index is -1.20. The maximum absolute atomic E-state index is 13.3. The number of benzene rings is 4. The molecular weight excluding hydrogens is 436 g/mol. The number of Topliss-reactive ketones (excluding diaryl/α,β-unsaturated/α-hetero) is 1. The van der Waals surface area contributed by atoms with Crippen molar-refractivity contribution in [2.75, 3.05) is 0 Å². The summed E-state index contributed by atoms with van der Waals surface area (Å²) in [5.74, 6) is -1.45. The van der Waals surface area contributed by atoms with Crippen LogP contribution in [0, 0.1) is 0 Å². The van der Waals surface area contributed by atoms with E-state index >= 15 is 0 Å². The van der Waals surface area contributed by atoms with Gasteiger partial charge < -0.3 is 4.74 Å². The van der Waals surface area contributed by atoms with Crippen LogP contribution >= 0.6 is 11.6 Å².